The molecule has 7 nitrogen and oxygen atoms in total. The molecule has 1 aromatic heterocycles. The molecule has 0 saturated carbocycles. The number of ether oxygens (including phenoxy) is 2. The molecule has 2 aliphatic rings. The van der Waals surface area contributed by atoms with E-state index in [0.29, 0.717) is 43.7 Å². The van der Waals surface area contributed by atoms with Crippen molar-refractivity contribution < 1.29 is 27.6 Å². The minimum Gasteiger partial charge on any atom is -0.348 e. The maximum absolute atomic E-state index is 13.1. The fraction of sp³-hybridized carbons (Fsp3) is 0.529. The van der Waals surface area contributed by atoms with Crippen LogP contribution < -0.4 is 4.90 Å². The monoisotopic (exact) mass is 447 g/mol. The largest absolute Gasteiger partial charge is 0.416 e. The topological polar surface area (TPSA) is 77.7 Å². The molecule has 12 heteroatoms. The zero-order valence-electron chi connectivity index (χ0n) is 15.2. The SMILES string of the molecule is C[C@H]1COC2(CCN(c3nc(=S)c4cc(C(F)(F)F)cc([N+](=O)[O-])c4s3)CC2)O1. The second kappa shape index (κ2) is 7.11. The van der Waals surface area contributed by atoms with E-state index in [1.54, 1.807) is 0 Å². The number of halogens is 3. The van der Waals surface area contributed by atoms with Gasteiger partial charge in [-0.3, -0.25) is 10.1 Å². The Morgan fingerprint density at radius 1 is 1.38 bits per heavy atom. The Balaban J connectivity index is 1.71. The van der Waals surface area contributed by atoms with E-state index in [4.69, 9.17) is 21.7 Å². The number of nitro groups is 1. The van der Waals surface area contributed by atoms with Crippen molar-refractivity contribution in [1.29, 1.82) is 0 Å². The summed E-state index contributed by atoms with van der Waals surface area (Å²) in [6.07, 6.45) is -3.52. The summed E-state index contributed by atoms with van der Waals surface area (Å²) in [5.41, 5.74) is -1.74. The van der Waals surface area contributed by atoms with Gasteiger partial charge in [-0.1, -0.05) is 23.6 Å². The molecule has 2 fully saturated rings. The van der Waals surface area contributed by atoms with Crippen molar-refractivity contribution in [3.05, 3.63) is 32.5 Å². The van der Waals surface area contributed by atoms with Gasteiger partial charge in [0.15, 0.2) is 10.9 Å². The number of fused-ring (bicyclic) bond motifs is 1. The standard InChI is InChI=1S/C17H16F3N3O4S2/c1-9-8-26-16(27-9)2-4-22(5-3-16)15-21-14(28)11-6-10(17(18,19)20)7-12(23(24)25)13(11)29-15/h6-7,9H,2-5,8H2,1H3/t9-/m0/s1. The lowest BCUT2D eigenvalue weighted by Gasteiger charge is -2.38. The molecule has 3 heterocycles. The van der Waals surface area contributed by atoms with Gasteiger partial charge in [0.1, 0.15) is 9.34 Å². The van der Waals surface area contributed by atoms with Crippen LogP contribution in [0.2, 0.25) is 0 Å². The molecule has 1 atom stereocenters. The van der Waals surface area contributed by atoms with Gasteiger partial charge in [0.25, 0.3) is 5.69 Å². The summed E-state index contributed by atoms with van der Waals surface area (Å²) < 4.78 is 51.0. The highest BCUT2D eigenvalue weighted by atomic mass is 32.1. The molecule has 29 heavy (non-hydrogen) atoms. The third-order valence-corrected chi connectivity index (χ3v) is 6.48. The Bertz CT molecular complexity index is 1030. The van der Waals surface area contributed by atoms with Gasteiger partial charge in [0.2, 0.25) is 0 Å². The molecule has 0 amide bonds. The number of non-ortho nitro benzene ring substituents is 1. The molecular formula is C17H16F3N3O4S2. The number of aromatic nitrogens is 1. The van der Waals surface area contributed by atoms with Crippen molar-refractivity contribution in [2.24, 2.45) is 0 Å². The van der Waals surface area contributed by atoms with Crippen LogP contribution in [-0.2, 0) is 15.7 Å². The summed E-state index contributed by atoms with van der Waals surface area (Å²) in [5, 5.41) is 11.8. The van der Waals surface area contributed by atoms with Crippen molar-refractivity contribution in [1.82, 2.24) is 4.98 Å². The summed E-state index contributed by atoms with van der Waals surface area (Å²) in [6.45, 7) is 3.53. The van der Waals surface area contributed by atoms with E-state index in [-0.39, 0.29) is 20.8 Å². The molecule has 1 spiro atoms. The highest BCUT2D eigenvalue weighted by Gasteiger charge is 2.43. The minimum absolute atomic E-state index is 0.0212. The lowest BCUT2D eigenvalue weighted by atomic mass is 10.0. The second-order valence-electron chi connectivity index (χ2n) is 7.07. The molecule has 156 valence electrons. The zero-order valence-corrected chi connectivity index (χ0v) is 16.8. The third kappa shape index (κ3) is 3.81. The Labute approximate surface area is 172 Å². The number of hydrogen-bond acceptors (Lipinski definition) is 8. The average Bonchev–Trinajstić information content (AvgIpc) is 3.00. The average molecular weight is 447 g/mol. The van der Waals surface area contributed by atoms with E-state index < -0.39 is 28.1 Å². The number of nitro benzene ring substituents is 1. The number of anilines is 1. The quantitative estimate of drug-likeness (QED) is 0.376. The molecule has 2 saturated heterocycles. The van der Waals surface area contributed by atoms with Crippen molar-refractivity contribution >= 4 is 44.5 Å². The maximum Gasteiger partial charge on any atom is 0.416 e. The van der Waals surface area contributed by atoms with E-state index in [9.17, 15) is 23.3 Å². The Kier molecular flexibility index (Phi) is 5.00. The number of piperidine rings is 1. The molecular weight excluding hydrogens is 431 g/mol. The molecule has 0 radical (unpaired) electrons. The Morgan fingerprint density at radius 3 is 2.62 bits per heavy atom. The van der Waals surface area contributed by atoms with Crippen LogP contribution in [0, 0.1) is 14.8 Å². The Hall–Kier alpha value is -1.89. The van der Waals surface area contributed by atoms with Crippen molar-refractivity contribution in [3.63, 3.8) is 0 Å². The molecule has 0 bridgehead atoms. The number of benzene rings is 1. The van der Waals surface area contributed by atoms with E-state index in [0.717, 1.165) is 17.4 Å². The lowest BCUT2D eigenvalue weighted by Crippen LogP contribution is -2.45. The predicted octanol–water partition coefficient (Wildman–Crippen LogP) is 4.68. The van der Waals surface area contributed by atoms with Crippen LogP contribution in [0.3, 0.4) is 0 Å². The van der Waals surface area contributed by atoms with E-state index in [1.165, 1.54) is 0 Å². The van der Waals surface area contributed by atoms with E-state index in [2.05, 4.69) is 4.98 Å². The van der Waals surface area contributed by atoms with Crippen molar-refractivity contribution in [2.75, 3.05) is 24.6 Å². The van der Waals surface area contributed by atoms with Crippen LogP contribution in [0.15, 0.2) is 12.1 Å². The fourth-order valence-corrected chi connectivity index (χ4v) is 5.08. The fourth-order valence-electron chi connectivity index (χ4n) is 3.58. The summed E-state index contributed by atoms with van der Waals surface area (Å²) in [5.74, 6) is -0.623. The van der Waals surface area contributed by atoms with Crippen molar-refractivity contribution in [2.45, 2.75) is 37.8 Å². The first kappa shape index (κ1) is 20.4. The van der Waals surface area contributed by atoms with Crippen LogP contribution in [0.5, 0.6) is 0 Å². The van der Waals surface area contributed by atoms with Crippen LogP contribution >= 0.6 is 23.6 Å². The molecule has 2 aromatic rings. The van der Waals surface area contributed by atoms with Gasteiger partial charge in [0, 0.05) is 37.4 Å². The molecule has 0 unspecified atom stereocenters. The van der Waals surface area contributed by atoms with Crippen LogP contribution in [0.4, 0.5) is 24.0 Å². The van der Waals surface area contributed by atoms with Gasteiger partial charge >= 0.3 is 6.18 Å². The van der Waals surface area contributed by atoms with Gasteiger partial charge < -0.3 is 14.4 Å². The summed E-state index contributed by atoms with van der Waals surface area (Å²) in [4.78, 5) is 16.8. The maximum atomic E-state index is 13.1. The molecule has 2 aliphatic heterocycles. The molecule has 1 aromatic carbocycles. The van der Waals surface area contributed by atoms with Gasteiger partial charge in [0.05, 0.1) is 23.2 Å². The molecule has 0 N–H and O–H groups in total. The van der Waals surface area contributed by atoms with Gasteiger partial charge in [-0.25, -0.2) is 4.98 Å². The summed E-state index contributed by atoms with van der Waals surface area (Å²) in [6, 6.07) is 1.37. The Morgan fingerprint density at radius 2 is 2.07 bits per heavy atom. The normalized spacial score (nSPS) is 21.8. The number of hydrogen-bond donors (Lipinski definition) is 0. The van der Waals surface area contributed by atoms with E-state index >= 15 is 0 Å². The second-order valence-corrected chi connectivity index (χ2v) is 8.43. The van der Waals surface area contributed by atoms with Gasteiger partial charge in [-0.05, 0) is 13.0 Å². The van der Waals surface area contributed by atoms with Gasteiger partial charge in [-0.15, -0.1) is 0 Å². The zero-order chi connectivity index (χ0) is 21.0. The highest BCUT2D eigenvalue weighted by molar-refractivity contribution is 7.71. The van der Waals surface area contributed by atoms with Crippen molar-refractivity contribution in [3.8, 4) is 0 Å². The van der Waals surface area contributed by atoms with E-state index in [1.807, 2.05) is 11.8 Å². The number of alkyl halides is 3. The van der Waals surface area contributed by atoms with Crippen LogP contribution in [-0.4, -0.2) is 41.5 Å². The number of rotatable bonds is 2. The molecule has 4 rings (SSSR count). The highest BCUT2D eigenvalue weighted by Crippen LogP contribution is 2.41. The van der Waals surface area contributed by atoms with Crippen LogP contribution in [0.1, 0.15) is 25.3 Å². The first-order valence-corrected chi connectivity index (χ1v) is 10.1. The molecule has 0 aliphatic carbocycles. The first-order valence-electron chi connectivity index (χ1n) is 8.85. The van der Waals surface area contributed by atoms with Crippen LogP contribution in [0.25, 0.3) is 10.1 Å². The number of nitrogens with zero attached hydrogens (tertiary/aromatic N) is 3. The summed E-state index contributed by atoms with van der Waals surface area (Å²) >= 11 is 6.16. The third-order valence-electron chi connectivity index (χ3n) is 5.01. The minimum atomic E-state index is -4.72. The van der Waals surface area contributed by atoms with Gasteiger partial charge in [-0.2, -0.15) is 13.2 Å². The smallest absolute Gasteiger partial charge is 0.348 e. The summed E-state index contributed by atoms with van der Waals surface area (Å²) in [7, 11) is 0. The predicted molar refractivity (Wildman–Crippen MR) is 103 cm³/mol. The lowest BCUT2D eigenvalue weighted by molar-refractivity contribution is -0.383. The first-order chi connectivity index (χ1) is 13.6.